The van der Waals surface area contributed by atoms with Crippen LogP contribution in [0.3, 0.4) is 0 Å². The summed E-state index contributed by atoms with van der Waals surface area (Å²) in [6.07, 6.45) is 1.33. The summed E-state index contributed by atoms with van der Waals surface area (Å²) >= 11 is 0. The van der Waals surface area contributed by atoms with Gasteiger partial charge in [-0.3, -0.25) is 9.59 Å². The van der Waals surface area contributed by atoms with E-state index < -0.39 is 23.9 Å². The van der Waals surface area contributed by atoms with Gasteiger partial charge in [0.25, 0.3) is 0 Å². The topological polar surface area (TPSA) is 72.9 Å². The van der Waals surface area contributed by atoms with Crippen molar-refractivity contribution in [3.05, 3.63) is 35.9 Å². The fourth-order valence-electron chi connectivity index (χ4n) is 2.82. The number of benzene rings is 1. The van der Waals surface area contributed by atoms with Gasteiger partial charge < -0.3 is 9.47 Å². The molecule has 0 spiro atoms. The number of hydrogen-bond donors (Lipinski definition) is 0. The maximum absolute atomic E-state index is 12.6. The lowest BCUT2D eigenvalue weighted by Gasteiger charge is -2.15. The van der Waals surface area contributed by atoms with E-state index in [-0.39, 0.29) is 19.1 Å². The van der Waals surface area contributed by atoms with Crippen LogP contribution in [0.2, 0.25) is 0 Å². The van der Waals surface area contributed by atoms with Crippen LogP contribution >= 0.6 is 0 Å². The molecule has 1 saturated heterocycles. The highest BCUT2D eigenvalue weighted by Crippen LogP contribution is 2.29. The molecule has 0 N–H and O–H groups in total. The van der Waals surface area contributed by atoms with Gasteiger partial charge in [0.05, 0.1) is 25.6 Å². The summed E-state index contributed by atoms with van der Waals surface area (Å²) in [7, 11) is 1.29. The van der Waals surface area contributed by atoms with E-state index in [1.165, 1.54) is 7.11 Å². The van der Waals surface area contributed by atoms with Gasteiger partial charge in [-0.15, -0.1) is 0 Å². The number of methoxy groups -OCH3 is 1. The van der Waals surface area contributed by atoms with Crippen LogP contribution < -0.4 is 0 Å². The highest BCUT2D eigenvalue weighted by Gasteiger charge is 2.47. The number of likely N-dealkylation sites (tertiary alicyclic amines) is 1. The number of unbranched alkanes of at least 4 members (excludes halogenated alkanes) is 1. The van der Waals surface area contributed by atoms with Crippen LogP contribution in [0.1, 0.15) is 25.3 Å². The molecule has 6 heteroatoms. The second-order valence-electron chi connectivity index (χ2n) is 5.84. The van der Waals surface area contributed by atoms with Gasteiger partial charge in [-0.05, 0) is 18.4 Å². The van der Waals surface area contributed by atoms with Crippen LogP contribution in [0, 0.1) is 11.8 Å². The Labute approximate surface area is 141 Å². The van der Waals surface area contributed by atoms with Crippen LogP contribution in [-0.2, 0) is 25.5 Å². The van der Waals surface area contributed by atoms with E-state index in [0.717, 1.165) is 23.3 Å². The first kappa shape index (κ1) is 18.0. The number of ether oxygens (including phenoxy) is 2. The first-order valence-corrected chi connectivity index (χ1v) is 8.18. The number of esters is 1. The fourth-order valence-corrected chi connectivity index (χ4v) is 2.82. The predicted molar refractivity (Wildman–Crippen MR) is 87.1 cm³/mol. The lowest BCUT2D eigenvalue weighted by Crippen LogP contribution is -2.34. The lowest BCUT2D eigenvalue weighted by molar-refractivity contribution is -0.147. The normalized spacial score (nSPS) is 20.1. The molecular formula is C18H23NO5. The van der Waals surface area contributed by atoms with Crippen molar-refractivity contribution >= 4 is 18.0 Å². The highest BCUT2D eigenvalue weighted by molar-refractivity contribution is 5.98. The molecule has 0 saturated carbocycles. The quantitative estimate of drug-likeness (QED) is 0.590. The first-order chi connectivity index (χ1) is 11.6. The van der Waals surface area contributed by atoms with Gasteiger partial charge >= 0.3 is 12.1 Å². The Bertz CT molecular complexity index is 586. The van der Waals surface area contributed by atoms with Crippen LogP contribution in [0.4, 0.5) is 4.79 Å². The van der Waals surface area contributed by atoms with Gasteiger partial charge in [-0.2, -0.15) is 0 Å². The third kappa shape index (κ3) is 4.13. The maximum Gasteiger partial charge on any atom is 0.416 e. The van der Waals surface area contributed by atoms with Gasteiger partial charge in [0.1, 0.15) is 0 Å². The molecule has 1 fully saturated rings. The molecule has 24 heavy (non-hydrogen) atoms. The van der Waals surface area contributed by atoms with Gasteiger partial charge in [-0.1, -0.05) is 43.7 Å². The number of carbonyl (C=O) groups is 3. The molecule has 0 radical (unpaired) electrons. The van der Waals surface area contributed by atoms with E-state index in [9.17, 15) is 14.4 Å². The number of amides is 2. The molecule has 2 rings (SSSR count). The van der Waals surface area contributed by atoms with E-state index in [4.69, 9.17) is 9.47 Å². The second kappa shape index (κ2) is 8.47. The second-order valence-corrected chi connectivity index (χ2v) is 5.84. The van der Waals surface area contributed by atoms with Crippen molar-refractivity contribution in [3.63, 3.8) is 0 Å². The van der Waals surface area contributed by atoms with Crippen molar-refractivity contribution < 1.29 is 23.9 Å². The Morgan fingerprint density at radius 1 is 1.25 bits per heavy atom. The zero-order valence-corrected chi connectivity index (χ0v) is 14.1. The molecule has 1 aliphatic rings. The van der Waals surface area contributed by atoms with Crippen LogP contribution in [0.25, 0.3) is 0 Å². The van der Waals surface area contributed by atoms with E-state index in [1.54, 1.807) is 0 Å². The number of imide groups is 1. The summed E-state index contributed by atoms with van der Waals surface area (Å²) in [6, 6.07) is 9.42. The molecule has 2 amide bonds. The monoisotopic (exact) mass is 333 g/mol. The maximum atomic E-state index is 12.6. The Kier molecular flexibility index (Phi) is 6.35. The van der Waals surface area contributed by atoms with E-state index >= 15 is 0 Å². The summed E-state index contributed by atoms with van der Waals surface area (Å²) in [5.74, 6) is -2.14. The third-order valence-corrected chi connectivity index (χ3v) is 4.19. The molecular weight excluding hydrogens is 310 g/mol. The van der Waals surface area contributed by atoms with Crippen LogP contribution in [0.15, 0.2) is 30.3 Å². The smallest absolute Gasteiger partial charge is 0.416 e. The highest BCUT2D eigenvalue weighted by atomic mass is 16.6. The molecule has 0 aliphatic carbocycles. The minimum absolute atomic E-state index is 0.00790. The zero-order chi connectivity index (χ0) is 17.5. The van der Waals surface area contributed by atoms with Gasteiger partial charge in [-0.25, -0.2) is 9.69 Å². The number of hydrogen-bond acceptors (Lipinski definition) is 5. The summed E-state index contributed by atoms with van der Waals surface area (Å²) in [6.45, 7) is 2.26. The molecule has 1 heterocycles. The number of rotatable bonds is 6. The van der Waals surface area contributed by atoms with Crippen LogP contribution in [0.5, 0.6) is 0 Å². The molecule has 0 aromatic heterocycles. The molecule has 1 aliphatic heterocycles. The summed E-state index contributed by atoms with van der Waals surface area (Å²) < 4.78 is 9.92. The molecule has 1 aromatic rings. The van der Waals surface area contributed by atoms with Crippen LogP contribution in [-0.4, -0.2) is 43.1 Å². The van der Waals surface area contributed by atoms with E-state index in [1.807, 2.05) is 37.3 Å². The SMILES string of the molecule is CCCCOC(=O)N1C[C@H](C(=O)OC)[C@@H](Cc2ccccc2)C1=O. The minimum Gasteiger partial charge on any atom is -0.469 e. The molecule has 1 aromatic carbocycles. The van der Waals surface area contributed by atoms with Crippen molar-refractivity contribution in [2.24, 2.45) is 11.8 Å². The molecule has 0 bridgehead atoms. The Morgan fingerprint density at radius 3 is 2.58 bits per heavy atom. The van der Waals surface area contributed by atoms with Gasteiger partial charge in [0.15, 0.2) is 0 Å². The standard InChI is InChI=1S/C18H23NO5/c1-3-4-10-24-18(22)19-12-15(17(21)23-2)14(16(19)20)11-13-8-6-5-7-9-13/h5-9,14-15H,3-4,10-12H2,1-2H3/t14-,15+/m1/s1. The van der Waals surface area contributed by atoms with Crippen molar-refractivity contribution in [1.29, 1.82) is 0 Å². The minimum atomic E-state index is -0.682. The first-order valence-electron chi connectivity index (χ1n) is 8.18. The van der Waals surface area contributed by atoms with Gasteiger partial charge in [0.2, 0.25) is 5.91 Å². The lowest BCUT2D eigenvalue weighted by atomic mass is 9.89. The Balaban J connectivity index is 2.12. The third-order valence-electron chi connectivity index (χ3n) is 4.19. The van der Waals surface area contributed by atoms with Crippen molar-refractivity contribution in [1.82, 2.24) is 4.90 Å². The molecule has 6 nitrogen and oxygen atoms in total. The van der Waals surface area contributed by atoms with Crippen molar-refractivity contribution in [2.75, 3.05) is 20.3 Å². The summed E-state index contributed by atoms with van der Waals surface area (Å²) in [5.41, 5.74) is 0.936. The molecule has 130 valence electrons. The Hall–Kier alpha value is -2.37. The average molecular weight is 333 g/mol. The largest absolute Gasteiger partial charge is 0.469 e. The Morgan fingerprint density at radius 2 is 1.96 bits per heavy atom. The predicted octanol–water partition coefficient (Wildman–Crippen LogP) is 2.41. The van der Waals surface area contributed by atoms with E-state index in [2.05, 4.69) is 0 Å². The number of carbonyl (C=O) groups excluding carboxylic acids is 3. The number of nitrogens with zero attached hydrogens (tertiary/aromatic N) is 1. The van der Waals surface area contributed by atoms with E-state index in [0.29, 0.717) is 6.42 Å². The molecule has 2 atom stereocenters. The summed E-state index contributed by atoms with van der Waals surface area (Å²) in [4.78, 5) is 37.8. The summed E-state index contributed by atoms with van der Waals surface area (Å²) in [5, 5.41) is 0. The zero-order valence-electron chi connectivity index (χ0n) is 14.1. The average Bonchev–Trinajstić information content (AvgIpc) is 2.92. The van der Waals surface area contributed by atoms with Crippen molar-refractivity contribution in [2.45, 2.75) is 26.2 Å². The molecule has 0 unspecified atom stereocenters. The van der Waals surface area contributed by atoms with Crippen molar-refractivity contribution in [3.8, 4) is 0 Å². The fraction of sp³-hybridized carbons (Fsp3) is 0.500. The van der Waals surface area contributed by atoms with Gasteiger partial charge in [0, 0.05) is 6.54 Å².